The Labute approximate surface area is 94.8 Å². The Morgan fingerprint density at radius 3 is 2.73 bits per heavy atom. The van der Waals surface area contributed by atoms with Crippen LogP contribution in [0, 0.1) is 5.92 Å². The molecule has 0 amide bonds. The lowest BCUT2D eigenvalue weighted by atomic mass is 10.2. The van der Waals surface area contributed by atoms with Gasteiger partial charge >= 0.3 is 0 Å². The molecule has 0 aromatic carbocycles. The van der Waals surface area contributed by atoms with E-state index in [1.165, 1.54) is 0 Å². The van der Waals surface area contributed by atoms with E-state index in [-0.39, 0.29) is 5.38 Å². The summed E-state index contributed by atoms with van der Waals surface area (Å²) in [6.07, 6.45) is 0. The summed E-state index contributed by atoms with van der Waals surface area (Å²) in [4.78, 5) is 0. The molecule has 0 N–H and O–H groups in total. The Morgan fingerprint density at radius 2 is 2.13 bits per heavy atom. The SMILES string of the molecule is CC(C)COCCn1nnnc1C(C)Cl. The van der Waals surface area contributed by atoms with E-state index in [1.807, 2.05) is 6.92 Å². The fourth-order valence-corrected chi connectivity index (χ4v) is 1.28. The van der Waals surface area contributed by atoms with Gasteiger partial charge in [-0.25, -0.2) is 4.68 Å². The molecule has 0 spiro atoms. The van der Waals surface area contributed by atoms with Gasteiger partial charge in [0.15, 0.2) is 5.82 Å². The molecule has 0 bridgehead atoms. The number of hydrogen-bond donors (Lipinski definition) is 0. The Bertz CT molecular complexity index is 287. The maximum atomic E-state index is 5.91. The first-order valence-corrected chi connectivity index (χ1v) is 5.52. The molecule has 0 radical (unpaired) electrons. The zero-order chi connectivity index (χ0) is 11.3. The maximum Gasteiger partial charge on any atom is 0.168 e. The smallest absolute Gasteiger partial charge is 0.168 e. The van der Waals surface area contributed by atoms with E-state index >= 15 is 0 Å². The highest BCUT2D eigenvalue weighted by Crippen LogP contribution is 2.14. The van der Waals surface area contributed by atoms with Crippen molar-refractivity contribution in [3.8, 4) is 0 Å². The van der Waals surface area contributed by atoms with E-state index in [1.54, 1.807) is 4.68 Å². The average Bonchev–Trinajstić information content (AvgIpc) is 2.60. The molecule has 0 saturated heterocycles. The first kappa shape index (κ1) is 12.4. The zero-order valence-corrected chi connectivity index (χ0v) is 10.1. The standard InChI is InChI=1S/C9H17ClN4O/c1-7(2)6-15-5-4-14-9(8(3)10)11-12-13-14/h7-8H,4-6H2,1-3H3. The van der Waals surface area contributed by atoms with Gasteiger partial charge in [-0.1, -0.05) is 13.8 Å². The number of aromatic nitrogens is 4. The molecule has 0 fully saturated rings. The highest BCUT2D eigenvalue weighted by Gasteiger charge is 2.11. The molecule has 1 rings (SSSR count). The molecule has 0 saturated carbocycles. The lowest BCUT2D eigenvalue weighted by Crippen LogP contribution is -2.13. The summed E-state index contributed by atoms with van der Waals surface area (Å²) in [5, 5.41) is 11.1. The number of halogens is 1. The van der Waals surface area contributed by atoms with Crippen LogP contribution >= 0.6 is 11.6 Å². The van der Waals surface area contributed by atoms with Gasteiger partial charge in [0.25, 0.3) is 0 Å². The molecule has 1 unspecified atom stereocenters. The summed E-state index contributed by atoms with van der Waals surface area (Å²) in [7, 11) is 0. The summed E-state index contributed by atoms with van der Waals surface area (Å²) < 4.78 is 7.12. The number of ether oxygens (including phenoxy) is 1. The molecular formula is C9H17ClN4O. The van der Waals surface area contributed by atoms with Crippen molar-refractivity contribution < 1.29 is 4.74 Å². The van der Waals surface area contributed by atoms with Gasteiger partial charge in [0.1, 0.15) is 0 Å². The van der Waals surface area contributed by atoms with Crippen molar-refractivity contribution in [3.63, 3.8) is 0 Å². The molecule has 86 valence electrons. The second-order valence-corrected chi connectivity index (χ2v) is 4.50. The second kappa shape index (κ2) is 6.02. The minimum absolute atomic E-state index is 0.176. The van der Waals surface area contributed by atoms with Gasteiger partial charge in [0, 0.05) is 6.61 Å². The van der Waals surface area contributed by atoms with Gasteiger partial charge in [-0.2, -0.15) is 0 Å². The predicted octanol–water partition coefficient (Wildman–Crippen LogP) is 1.65. The van der Waals surface area contributed by atoms with Gasteiger partial charge in [0.2, 0.25) is 0 Å². The molecule has 1 atom stereocenters. The molecule has 15 heavy (non-hydrogen) atoms. The normalized spacial score (nSPS) is 13.4. The molecule has 0 aliphatic rings. The van der Waals surface area contributed by atoms with E-state index in [0.717, 1.165) is 6.61 Å². The number of nitrogens with zero attached hydrogens (tertiary/aromatic N) is 4. The Hall–Kier alpha value is -0.680. The van der Waals surface area contributed by atoms with Crippen LogP contribution in [0.3, 0.4) is 0 Å². The lowest BCUT2D eigenvalue weighted by Gasteiger charge is -2.08. The van der Waals surface area contributed by atoms with Crippen LogP contribution in [0.15, 0.2) is 0 Å². The zero-order valence-electron chi connectivity index (χ0n) is 9.35. The molecule has 1 aromatic rings. The number of alkyl halides is 1. The third kappa shape index (κ3) is 4.13. The summed E-state index contributed by atoms with van der Waals surface area (Å²) in [6.45, 7) is 8.09. The number of rotatable bonds is 6. The average molecular weight is 233 g/mol. The van der Waals surface area contributed by atoms with Crippen molar-refractivity contribution in [3.05, 3.63) is 5.82 Å². The first-order chi connectivity index (χ1) is 7.11. The van der Waals surface area contributed by atoms with Crippen molar-refractivity contribution in [2.75, 3.05) is 13.2 Å². The van der Waals surface area contributed by atoms with Crippen LogP contribution in [0.1, 0.15) is 32.0 Å². The molecule has 6 heteroatoms. The maximum absolute atomic E-state index is 5.91. The summed E-state index contributed by atoms with van der Waals surface area (Å²) in [5.74, 6) is 1.23. The highest BCUT2D eigenvalue weighted by atomic mass is 35.5. The second-order valence-electron chi connectivity index (χ2n) is 3.84. The van der Waals surface area contributed by atoms with E-state index in [4.69, 9.17) is 16.3 Å². The fraction of sp³-hybridized carbons (Fsp3) is 0.889. The van der Waals surface area contributed by atoms with Crippen LogP contribution < -0.4 is 0 Å². The van der Waals surface area contributed by atoms with Crippen molar-refractivity contribution >= 4 is 11.6 Å². The van der Waals surface area contributed by atoms with Gasteiger partial charge in [-0.05, 0) is 23.3 Å². The third-order valence-electron chi connectivity index (χ3n) is 1.81. The van der Waals surface area contributed by atoms with Gasteiger partial charge < -0.3 is 4.74 Å². The highest BCUT2D eigenvalue weighted by molar-refractivity contribution is 6.20. The van der Waals surface area contributed by atoms with Crippen molar-refractivity contribution in [2.24, 2.45) is 5.92 Å². The number of hydrogen-bond acceptors (Lipinski definition) is 4. The van der Waals surface area contributed by atoms with Crippen LogP contribution in [-0.2, 0) is 11.3 Å². The van der Waals surface area contributed by atoms with Crippen LogP contribution in [0.25, 0.3) is 0 Å². The lowest BCUT2D eigenvalue weighted by molar-refractivity contribution is 0.1000. The fourth-order valence-electron chi connectivity index (χ4n) is 1.13. The quantitative estimate of drug-likeness (QED) is 0.553. The van der Waals surface area contributed by atoms with Gasteiger partial charge in [-0.3, -0.25) is 0 Å². The molecule has 1 aromatic heterocycles. The minimum Gasteiger partial charge on any atom is -0.379 e. The topological polar surface area (TPSA) is 52.8 Å². The largest absolute Gasteiger partial charge is 0.379 e. The predicted molar refractivity (Wildman–Crippen MR) is 57.7 cm³/mol. The van der Waals surface area contributed by atoms with Crippen molar-refractivity contribution in [1.29, 1.82) is 0 Å². The van der Waals surface area contributed by atoms with Gasteiger partial charge in [0.05, 0.1) is 18.5 Å². The summed E-state index contributed by atoms with van der Waals surface area (Å²) in [6, 6.07) is 0. The van der Waals surface area contributed by atoms with E-state index < -0.39 is 0 Å². The first-order valence-electron chi connectivity index (χ1n) is 5.09. The number of tetrazole rings is 1. The third-order valence-corrected chi connectivity index (χ3v) is 2.01. The summed E-state index contributed by atoms with van der Waals surface area (Å²) >= 11 is 5.91. The van der Waals surface area contributed by atoms with E-state index in [2.05, 4.69) is 29.4 Å². The van der Waals surface area contributed by atoms with Gasteiger partial charge in [-0.15, -0.1) is 16.7 Å². The van der Waals surface area contributed by atoms with E-state index in [0.29, 0.717) is 24.9 Å². The van der Waals surface area contributed by atoms with Crippen LogP contribution in [0.2, 0.25) is 0 Å². The minimum atomic E-state index is -0.176. The molecule has 5 nitrogen and oxygen atoms in total. The Kier molecular flexibility index (Phi) is 4.98. The Balaban J connectivity index is 2.34. The summed E-state index contributed by atoms with van der Waals surface area (Å²) in [5.41, 5.74) is 0. The van der Waals surface area contributed by atoms with Crippen LogP contribution in [0.4, 0.5) is 0 Å². The molecule has 0 aliphatic carbocycles. The van der Waals surface area contributed by atoms with Crippen molar-refractivity contribution in [1.82, 2.24) is 20.2 Å². The molecule has 1 heterocycles. The van der Waals surface area contributed by atoms with E-state index in [9.17, 15) is 0 Å². The van der Waals surface area contributed by atoms with Crippen LogP contribution in [0.5, 0.6) is 0 Å². The van der Waals surface area contributed by atoms with Crippen molar-refractivity contribution in [2.45, 2.75) is 32.7 Å². The Morgan fingerprint density at radius 1 is 1.40 bits per heavy atom. The van der Waals surface area contributed by atoms with Crippen LogP contribution in [-0.4, -0.2) is 33.4 Å². The molecular weight excluding hydrogens is 216 g/mol. The monoisotopic (exact) mass is 232 g/mol. The molecule has 0 aliphatic heterocycles.